The minimum atomic E-state index is -3.75. The Balaban J connectivity index is 2.19. The Bertz CT molecular complexity index is 750. The number of sulfonamides is 1. The summed E-state index contributed by atoms with van der Waals surface area (Å²) >= 11 is 5.91. The molecule has 1 heterocycles. The van der Waals surface area contributed by atoms with Crippen molar-refractivity contribution < 1.29 is 13.2 Å². The molecule has 0 radical (unpaired) electrons. The summed E-state index contributed by atoms with van der Waals surface area (Å²) in [7, 11) is -2.27. The Morgan fingerprint density at radius 1 is 1.33 bits per heavy atom. The number of pyridine rings is 1. The van der Waals surface area contributed by atoms with Crippen molar-refractivity contribution in [2.45, 2.75) is 11.4 Å². The highest BCUT2D eigenvalue weighted by atomic mass is 35.5. The zero-order valence-electron chi connectivity index (χ0n) is 11.2. The van der Waals surface area contributed by atoms with Gasteiger partial charge in [0.25, 0.3) is 0 Å². The monoisotopic (exact) mass is 327 g/mol. The predicted octanol–water partition coefficient (Wildman–Crippen LogP) is 1.80. The van der Waals surface area contributed by atoms with E-state index in [1.54, 1.807) is 12.1 Å². The van der Waals surface area contributed by atoms with Crippen molar-refractivity contribution in [1.29, 1.82) is 0 Å². The van der Waals surface area contributed by atoms with Crippen LogP contribution in [0, 0.1) is 0 Å². The van der Waals surface area contributed by atoms with Crippen LogP contribution in [0.15, 0.2) is 41.4 Å². The van der Waals surface area contributed by atoms with E-state index >= 15 is 0 Å². The SMILES string of the molecule is COc1cc(CNS(=O)(=O)c2cc(N)ccc2Cl)ccn1. The summed E-state index contributed by atoms with van der Waals surface area (Å²) in [5, 5.41) is 0.115. The summed E-state index contributed by atoms with van der Waals surface area (Å²) in [6, 6.07) is 7.63. The van der Waals surface area contributed by atoms with Gasteiger partial charge in [-0.15, -0.1) is 0 Å². The van der Waals surface area contributed by atoms with E-state index in [-0.39, 0.29) is 16.5 Å². The first-order chi connectivity index (χ1) is 9.92. The third-order valence-corrected chi connectivity index (χ3v) is 4.60. The first-order valence-corrected chi connectivity index (χ1v) is 7.82. The maximum Gasteiger partial charge on any atom is 0.242 e. The van der Waals surface area contributed by atoms with Crippen LogP contribution in [0.4, 0.5) is 5.69 Å². The molecule has 0 aliphatic carbocycles. The number of hydrogen-bond acceptors (Lipinski definition) is 5. The third-order valence-electron chi connectivity index (χ3n) is 2.72. The van der Waals surface area contributed by atoms with Crippen LogP contribution in [0.25, 0.3) is 0 Å². The first-order valence-electron chi connectivity index (χ1n) is 5.96. The van der Waals surface area contributed by atoms with Gasteiger partial charge in [-0.1, -0.05) is 11.6 Å². The molecule has 0 bridgehead atoms. The second kappa shape index (κ2) is 6.30. The lowest BCUT2D eigenvalue weighted by Crippen LogP contribution is -2.23. The standard InChI is InChI=1S/C13H14ClN3O3S/c1-20-13-6-9(4-5-16-13)8-17-21(18,19)12-7-10(15)2-3-11(12)14/h2-7,17H,8,15H2,1H3. The molecule has 0 fully saturated rings. The quantitative estimate of drug-likeness (QED) is 0.817. The Morgan fingerprint density at radius 2 is 2.10 bits per heavy atom. The number of ether oxygens (including phenoxy) is 1. The lowest BCUT2D eigenvalue weighted by Gasteiger charge is -2.09. The molecule has 0 aliphatic rings. The van der Waals surface area contributed by atoms with Gasteiger partial charge in [0, 0.05) is 24.5 Å². The molecule has 2 aromatic rings. The molecule has 112 valence electrons. The summed E-state index contributed by atoms with van der Waals surface area (Å²) in [5.74, 6) is 0.411. The molecule has 1 aromatic carbocycles. The molecule has 0 saturated heterocycles. The normalized spacial score (nSPS) is 11.3. The summed E-state index contributed by atoms with van der Waals surface area (Å²) in [6.45, 7) is 0.0896. The maximum atomic E-state index is 12.2. The average molecular weight is 328 g/mol. The van der Waals surface area contributed by atoms with Crippen LogP contribution in [0.2, 0.25) is 5.02 Å². The smallest absolute Gasteiger partial charge is 0.242 e. The number of nitrogens with one attached hydrogen (secondary N) is 1. The molecule has 0 unspecified atom stereocenters. The number of benzene rings is 1. The van der Waals surface area contributed by atoms with Crippen LogP contribution >= 0.6 is 11.6 Å². The van der Waals surface area contributed by atoms with E-state index in [4.69, 9.17) is 22.1 Å². The second-order valence-corrected chi connectivity index (χ2v) is 6.36. The van der Waals surface area contributed by atoms with Gasteiger partial charge in [0.05, 0.1) is 12.1 Å². The Morgan fingerprint density at radius 3 is 2.81 bits per heavy atom. The number of anilines is 1. The van der Waals surface area contributed by atoms with Gasteiger partial charge in [0.15, 0.2) is 0 Å². The lowest BCUT2D eigenvalue weighted by atomic mass is 10.3. The van der Waals surface area contributed by atoms with E-state index < -0.39 is 10.0 Å². The molecule has 0 atom stereocenters. The van der Waals surface area contributed by atoms with Gasteiger partial charge in [-0.05, 0) is 29.8 Å². The first kappa shape index (κ1) is 15.6. The van der Waals surface area contributed by atoms with Crippen LogP contribution in [-0.4, -0.2) is 20.5 Å². The number of hydrogen-bond donors (Lipinski definition) is 2. The Hall–Kier alpha value is -1.83. The van der Waals surface area contributed by atoms with Crippen molar-refractivity contribution in [3.8, 4) is 5.88 Å². The number of nitrogens with zero attached hydrogens (tertiary/aromatic N) is 1. The minimum Gasteiger partial charge on any atom is -0.481 e. The van der Waals surface area contributed by atoms with Crippen LogP contribution < -0.4 is 15.2 Å². The maximum absolute atomic E-state index is 12.2. The number of rotatable bonds is 5. The third kappa shape index (κ3) is 3.84. The van der Waals surface area contributed by atoms with E-state index in [0.717, 1.165) is 0 Å². The van der Waals surface area contributed by atoms with Crippen LogP contribution in [0.5, 0.6) is 5.88 Å². The fourth-order valence-corrected chi connectivity index (χ4v) is 3.20. The molecule has 8 heteroatoms. The Labute approximate surface area is 128 Å². The number of aromatic nitrogens is 1. The average Bonchev–Trinajstić information content (AvgIpc) is 2.48. The molecular formula is C13H14ClN3O3S. The van der Waals surface area contributed by atoms with Crippen LogP contribution in [0.1, 0.15) is 5.56 Å². The van der Waals surface area contributed by atoms with Gasteiger partial charge in [-0.3, -0.25) is 0 Å². The highest BCUT2D eigenvalue weighted by Gasteiger charge is 2.18. The summed E-state index contributed by atoms with van der Waals surface area (Å²) in [5.41, 5.74) is 6.63. The molecular weight excluding hydrogens is 314 g/mol. The van der Waals surface area contributed by atoms with Gasteiger partial charge in [0.2, 0.25) is 15.9 Å². The number of halogens is 1. The van der Waals surface area contributed by atoms with Gasteiger partial charge in [-0.25, -0.2) is 18.1 Å². The summed E-state index contributed by atoms with van der Waals surface area (Å²) in [4.78, 5) is 3.90. The van der Waals surface area contributed by atoms with E-state index in [1.165, 1.54) is 31.5 Å². The molecule has 21 heavy (non-hydrogen) atoms. The van der Waals surface area contributed by atoms with Crippen molar-refractivity contribution in [3.05, 3.63) is 47.1 Å². The van der Waals surface area contributed by atoms with Crippen LogP contribution in [0.3, 0.4) is 0 Å². The van der Waals surface area contributed by atoms with Gasteiger partial charge in [0.1, 0.15) is 4.90 Å². The lowest BCUT2D eigenvalue weighted by molar-refractivity contribution is 0.397. The largest absolute Gasteiger partial charge is 0.481 e. The molecule has 3 N–H and O–H groups in total. The van der Waals surface area contributed by atoms with E-state index in [2.05, 4.69) is 9.71 Å². The number of nitrogens with two attached hydrogens (primary N) is 1. The fourth-order valence-electron chi connectivity index (χ4n) is 1.65. The molecule has 0 amide bonds. The number of methoxy groups -OCH3 is 1. The highest BCUT2D eigenvalue weighted by Crippen LogP contribution is 2.23. The summed E-state index contributed by atoms with van der Waals surface area (Å²) in [6.07, 6.45) is 1.54. The molecule has 0 aliphatic heterocycles. The van der Waals surface area contributed by atoms with Crippen molar-refractivity contribution >= 4 is 27.3 Å². The second-order valence-electron chi connectivity index (χ2n) is 4.22. The molecule has 6 nitrogen and oxygen atoms in total. The number of nitrogen functional groups attached to an aromatic ring is 1. The summed E-state index contributed by atoms with van der Waals surface area (Å²) < 4.78 is 31.9. The topological polar surface area (TPSA) is 94.3 Å². The van der Waals surface area contributed by atoms with Crippen molar-refractivity contribution in [2.24, 2.45) is 0 Å². The molecule has 0 spiro atoms. The van der Waals surface area contributed by atoms with Gasteiger partial charge >= 0.3 is 0 Å². The van der Waals surface area contributed by atoms with E-state index in [9.17, 15) is 8.42 Å². The zero-order valence-corrected chi connectivity index (χ0v) is 12.8. The van der Waals surface area contributed by atoms with Crippen molar-refractivity contribution in [1.82, 2.24) is 9.71 Å². The highest BCUT2D eigenvalue weighted by molar-refractivity contribution is 7.89. The minimum absolute atomic E-state index is 0.0508. The molecule has 1 aromatic heterocycles. The van der Waals surface area contributed by atoms with E-state index in [0.29, 0.717) is 17.1 Å². The zero-order chi connectivity index (χ0) is 15.5. The van der Waals surface area contributed by atoms with Crippen molar-refractivity contribution in [3.63, 3.8) is 0 Å². The van der Waals surface area contributed by atoms with Gasteiger partial charge < -0.3 is 10.5 Å². The van der Waals surface area contributed by atoms with Gasteiger partial charge in [-0.2, -0.15) is 0 Å². The van der Waals surface area contributed by atoms with Crippen molar-refractivity contribution in [2.75, 3.05) is 12.8 Å². The predicted molar refractivity (Wildman–Crippen MR) is 80.7 cm³/mol. The molecule has 2 rings (SSSR count). The Kier molecular flexibility index (Phi) is 4.66. The van der Waals surface area contributed by atoms with E-state index in [1.807, 2.05) is 0 Å². The molecule has 0 saturated carbocycles. The fraction of sp³-hybridized carbons (Fsp3) is 0.154. The van der Waals surface area contributed by atoms with Crippen LogP contribution in [-0.2, 0) is 16.6 Å².